The number of hydrogen-bond acceptors (Lipinski definition) is 3. The molecule has 0 radical (unpaired) electrons. The molecule has 3 nitrogen and oxygen atoms in total. The van der Waals surface area contributed by atoms with Crippen molar-refractivity contribution >= 4 is 15.9 Å². The molecule has 0 aromatic heterocycles. The molecule has 2 unspecified atom stereocenters. The van der Waals surface area contributed by atoms with Gasteiger partial charge in [-0.05, 0) is 44.5 Å². The van der Waals surface area contributed by atoms with E-state index in [2.05, 4.69) is 21.2 Å². The van der Waals surface area contributed by atoms with Gasteiger partial charge in [-0.3, -0.25) is 0 Å². The second kappa shape index (κ2) is 6.73. The van der Waals surface area contributed by atoms with Crippen molar-refractivity contribution in [2.75, 3.05) is 19.7 Å². The predicted molar refractivity (Wildman–Crippen MR) is 80.5 cm³/mol. The summed E-state index contributed by atoms with van der Waals surface area (Å²) in [5, 5.41) is 13.9. The molecule has 0 spiro atoms. The average molecular weight is 328 g/mol. The second-order valence-corrected chi connectivity index (χ2v) is 6.37. The van der Waals surface area contributed by atoms with Crippen LogP contribution in [0.5, 0.6) is 5.75 Å². The van der Waals surface area contributed by atoms with E-state index in [-0.39, 0.29) is 0 Å². The molecular weight excluding hydrogens is 306 g/mol. The van der Waals surface area contributed by atoms with Crippen LogP contribution >= 0.6 is 15.9 Å². The molecule has 0 amide bonds. The van der Waals surface area contributed by atoms with Gasteiger partial charge in [0.1, 0.15) is 5.75 Å². The third-order valence-electron chi connectivity index (χ3n) is 3.85. The van der Waals surface area contributed by atoms with Gasteiger partial charge in [-0.1, -0.05) is 22.0 Å². The lowest BCUT2D eigenvalue weighted by Crippen LogP contribution is -2.45. The van der Waals surface area contributed by atoms with Crippen LogP contribution in [0.1, 0.15) is 26.2 Å². The molecule has 1 aliphatic heterocycles. The number of rotatable bonds is 5. The van der Waals surface area contributed by atoms with Gasteiger partial charge < -0.3 is 15.2 Å². The van der Waals surface area contributed by atoms with Crippen LogP contribution in [0.15, 0.2) is 28.7 Å². The number of hydrogen-bond donors (Lipinski definition) is 2. The van der Waals surface area contributed by atoms with Crippen molar-refractivity contribution in [2.24, 2.45) is 5.92 Å². The molecule has 1 aromatic rings. The SMILES string of the molecule is CC(O)(CCOc1cccc(Br)c1)C1CCCNC1. The van der Waals surface area contributed by atoms with E-state index in [9.17, 15) is 5.11 Å². The van der Waals surface area contributed by atoms with Crippen LogP contribution in [0.3, 0.4) is 0 Å². The fourth-order valence-electron chi connectivity index (χ4n) is 2.52. The van der Waals surface area contributed by atoms with Crippen LogP contribution in [0, 0.1) is 5.92 Å². The van der Waals surface area contributed by atoms with E-state index in [1.165, 1.54) is 0 Å². The minimum atomic E-state index is -0.653. The third kappa shape index (κ3) is 4.48. The summed E-state index contributed by atoms with van der Waals surface area (Å²) in [5.41, 5.74) is -0.653. The van der Waals surface area contributed by atoms with Crippen molar-refractivity contribution in [2.45, 2.75) is 31.8 Å². The number of benzene rings is 1. The van der Waals surface area contributed by atoms with E-state index < -0.39 is 5.60 Å². The Labute approximate surface area is 123 Å². The van der Waals surface area contributed by atoms with Crippen LogP contribution in [0.2, 0.25) is 0 Å². The zero-order valence-electron chi connectivity index (χ0n) is 11.4. The highest BCUT2D eigenvalue weighted by atomic mass is 79.9. The Balaban J connectivity index is 1.80. The summed E-state index contributed by atoms with van der Waals surface area (Å²) >= 11 is 3.42. The maximum atomic E-state index is 10.5. The van der Waals surface area contributed by atoms with Crippen LogP contribution in [0.4, 0.5) is 0 Å². The zero-order valence-corrected chi connectivity index (χ0v) is 12.9. The summed E-state index contributed by atoms with van der Waals surface area (Å²) in [6.45, 7) is 4.44. The number of halogens is 1. The molecule has 0 aliphatic carbocycles. The molecule has 106 valence electrons. The molecule has 1 aromatic carbocycles. The molecular formula is C15H22BrNO2. The maximum absolute atomic E-state index is 10.5. The lowest BCUT2D eigenvalue weighted by Gasteiger charge is -2.35. The van der Waals surface area contributed by atoms with Crippen molar-refractivity contribution in [3.63, 3.8) is 0 Å². The molecule has 2 atom stereocenters. The quantitative estimate of drug-likeness (QED) is 0.873. The Hall–Kier alpha value is -0.580. The zero-order chi connectivity index (χ0) is 13.7. The van der Waals surface area contributed by atoms with Gasteiger partial charge in [-0.2, -0.15) is 0 Å². The van der Waals surface area contributed by atoms with Gasteiger partial charge in [0.05, 0.1) is 12.2 Å². The van der Waals surface area contributed by atoms with Gasteiger partial charge in [0.2, 0.25) is 0 Å². The second-order valence-electron chi connectivity index (χ2n) is 5.46. The Morgan fingerprint density at radius 2 is 2.37 bits per heavy atom. The summed E-state index contributed by atoms with van der Waals surface area (Å²) in [6.07, 6.45) is 2.90. The lowest BCUT2D eigenvalue weighted by molar-refractivity contribution is -0.0267. The van der Waals surface area contributed by atoms with Crippen molar-refractivity contribution in [3.8, 4) is 5.75 Å². The largest absolute Gasteiger partial charge is 0.493 e. The van der Waals surface area contributed by atoms with Crippen LogP contribution in [-0.4, -0.2) is 30.4 Å². The van der Waals surface area contributed by atoms with Gasteiger partial charge in [-0.25, -0.2) is 0 Å². The molecule has 4 heteroatoms. The van der Waals surface area contributed by atoms with E-state index in [1.807, 2.05) is 31.2 Å². The predicted octanol–water partition coefficient (Wildman–Crippen LogP) is 2.97. The summed E-state index contributed by atoms with van der Waals surface area (Å²) in [4.78, 5) is 0. The van der Waals surface area contributed by atoms with Gasteiger partial charge in [0.15, 0.2) is 0 Å². The van der Waals surface area contributed by atoms with Crippen molar-refractivity contribution in [1.29, 1.82) is 0 Å². The van der Waals surface area contributed by atoms with Gasteiger partial charge in [-0.15, -0.1) is 0 Å². The lowest BCUT2D eigenvalue weighted by atomic mass is 9.81. The molecule has 1 heterocycles. The van der Waals surface area contributed by atoms with Crippen LogP contribution < -0.4 is 10.1 Å². The summed E-state index contributed by atoms with van der Waals surface area (Å²) in [7, 11) is 0. The monoisotopic (exact) mass is 327 g/mol. The number of piperidine rings is 1. The Kier molecular flexibility index (Phi) is 5.25. The molecule has 2 rings (SSSR count). The van der Waals surface area contributed by atoms with Crippen LogP contribution in [-0.2, 0) is 0 Å². The summed E-state index contributed by atoms with van der Waals surface area (Å²) in [5.74, 6) is 1.17. The topological polar surface area (TPSA) is 41.5 Å². The summed E-state index contributed by atoms with van der Waals surface area (Å²) < 4.78 is 6.71. The highest BCUT2D eigenvalue weighted by Gasteiger charge is 2.32. The number of ether oxygens (including phenoxy) is 1. The normalized spacial score (nSPS) is 22.8. The van der Waals surface area contributed by atoms with E-state index >= 15 is 0 Å². The van der Waals surface area contributed by atoms with Gasteiger partial charge in [0, 0.05) is 23.4 Å². The number of aliphatic hydroxyl groups is 1. The van der Waals surface area contributed by atoms with E-state index in [0.717, 1.165) is 36.2 Å². The molecule has 0 saturated carbocycles. The van der Waals surface area contributed by atoms with Crippen molar-refractivity contribution < 1.29 is 9.84 Å². The maximum Gasteiger partial charge on any atom is 0.120 e. The Morgan fingerprint density at radius 3 is 3.05 bits per heavy atom. The Bertz CT molecular complexity index is 403. The first-order valence-corrected chi connectivity index (χ1v) is 7.69. The fraction of sp³-hybridized carbons (Fsp3) is 0.600. The van der Waals surface area contributed by atoms with E-state index in [4.69, 9.17) is 4.74 Å². The van der Waals surface area contributed by atoms with E-state index in [0.29, 0.717) is 18.9 Å². The summed E-state index contributed by atoms with van der Waals surface area (Å²) in [6, 6.07) is 7.79. The Morgan fingerprint density at radius 1 is 1.53 bits per heavy atom. The highest BCUT2D eigenvalue weighted by Crippen LogP contribution is 2.27. The smallest absolute Gasteiger partial charge is 0.120 e. The third-order valence-corrected chi connectivity index (χ3v) is 4.34. The average Bonchev–Trinajstić information content (AvgIpc) is 2.40. The molecule has 1 saturated heterocycles. The number of nitrogens with one attached hydrogen (secondary N) is 1. The fourth-order valence-corrected chi connectivity index (χ4v) is 2.90. The molecule has 19 heavy (non-hydrogen) atoms. The first-order chi connectivity index (χ1) is 9.08. The van der Waals surface area contributed by atoms with Crippen LogP contribution in [0.25, 0.3) is 0 Å². The minimum absolute atomic E-state index is 0.326. The van der Waals surface area contributed by atoms with Crippen molar-refractivity contribution in [3.05, 3.63) is 28.7 Å². The molecule has 2 N–H and O–H groups in total. The molecule has 1 fully saturated rings. The van der Waals surface area contributed by atoms with Gasteiger partial charge in [0.25, 0.3) is 0 Å². The highest BCUT2D eigenvalue weighted by molar-refractivity contribution is 9.10. The van der Waals surface area contributed by atoms with Gasteiger partial charge >= 0.3 is 0 Å². The standard InChI is InChI=1S/C15H22BrNO2/c1-15(18,12-4-3-8-17-11-12)7-9-19-14-6-2-5-13(16)10-14/h2,5-6,10,12,17-18H,3-4,7-9,11H2,1H3. The van der Waals surface area contributed by atoms with E-state index in [1.54, 1.807) is 0 Å². The molecule has 0 bridgehead atoms. The minimum Gasteiger partial charge on any atom is -0.493 e. The van der Waals surface area contributed by atoms with Crippen molar-refractivity contribution in [1.82, 2.24) is 5.32 Å². The first-order valence-electron chi connectivity index (χ1n) is 6.89. The first kappa shape index (κ1) is 14.8. The molecule has 1 aliphatic rings.